The van der Waals surface area contributed by atoms with Crippen molar-refractivity contribution in [2.24, 2.45) is 0 Å². The van der Waals surface area contributed by atoms with Crippen molar-refractivity contribution in [3.8, 4) is 11.1 Å². The van der Waals surface area contributed by atoms with Gasteiger partial charge in [0.1, 0.15) is 5.58 Å². The molecule has 0 N–H and O–H groups in total. The predicted molar refractivity (Wildman–Crippen MR) is 180 cm³/mol. The van der Waals surface area contributed by atoms with E-state index in [9.17, 15) is 0 Å². The van der Waals surface area contributed by atoms with Crippen molar-refractivity contribution >= 4 is 70.9 Å². The van der Waals surface area contributed by atoms with Gasteiger partial charge in [-0.2, -0.15) is 0 Å². The first kappa shape index (κ1) is 28.3. The zero-order chi connectivity index (χ0) is 30.3. The summed E-state index contributed by atoms with van der Waals surface area (Å²) in [7, 11) is 0. The number of para-hydroxylation sites is 1. The molecule has 0 atom stereocenters. The molecule has 0 bridgehead atoms. The van der Waals surface area contributed by atoms with Gasteiger partial charge in [0.15, 0.2) is 5.58 Å². The molecule has 7 rings (SSSR count). The van der Waals surface area contributed by atoms with E-state index >= 15 is 8.78 Å². The molecule has 2 nitrogen and oxygen atoms in total. The first-order valence-electron chi connectivity index (χ1n) is 14.2. The fourth-order valence-corrected chi connectivity index (χ4v) is 7.18. The Morgan fingerprint density at radius 2 is 1.19 bits per heavy atom. The number of rotatable bonds is 4. The molecule has 0 unspecified atom stereocenters. The summed E-state index contributed by atoms with van der Waals surface area (Å²) in [5.74, 6) is -2.89. The first-order valence-corrected chi connectivity index (χ1v) is 15.8. The summed E-state index contributed by atoms with van der Waals surface area (Å²) in [5.41, 5.74) is 4.96. The summed E-state index contributed by atoms with van der Waals surface area (Å²) in [6.07, 6.45) is 0. The van der Waals surface area contributed by atoms with Gasteiger partial charge in [-0.1, -0.05) is 68.3 Å². The van der Waals surface area contributed by atoms with Gasteiger partial charge < -0.3 is 9.32 Å². The van der Waals surface area contributed by atoms with Crippen molar-refractivity contribution in [1.82, 2.24) is 0 Å². The molecule has 1 aromatic heterocycles. The number of halogens is 4. The van der Waals surface area contributed by atoms with E-state index < -0.39 is 16.8 Å². The van der Waals surface area contributed by atoms with E-state index in [-0.39, 0.29) is 0 Å². The Kier molecular flexibility index (Phi) is 6.43. The van der Waals surface area contributed by atoms with Crippen LogP contribution in [0.1, 0.15) is 38.8 Å². The molecular formula is C37H29Br2F2NO. The second kappa shape index (κ2) is 9.76. The Labute approximate surface area is 266 Å². The van der Waals surface area contributed by atoms with Crippen molar-refractivity contribution in [3.63, 3.8) is 0 Å². The molecular weight excluding hydrogens is 672 g/mol. The van der Waals surface area contributed by atoms with Crippen molar-refractivity contribution < 1.29 is 13.2 Å². The van der Waals surface area contributed by atoms with Crippen LogP contribution in [0.15, 0.2) is 116 Å². The van der Waals surface area contributed by atoms with Crippen LogP contribution in [0.3, 0.4) is 0 Å². The number of hydrogen-bond acceptors (Lipinski definition) is 2. The van der Waals surface area contributed by atoms with Crippen molar-refractivity contribution in [1.29, 1.82) is 0 Å². The molecule has 6 aromatic rings. The standard InChI is InChI=1S/C37H29Br2F2NO/c1-35(2)30-18-9-22(20-31(30)36(3,4)37(35,40)41)23-19-29-28-7-5-6-8-33(28)43-34(29)32(21-23)42(26-14-10-24(38)11-15-26)27-16-12-25(39)13-17-27/h5-21H,1-4H3. The molecule has 1 heterocycles. The summed E-state index contributed by atoms with van der Waals surface area (Å²) in [5, 5.41) is 1.97. The number of anilines is 3. The third-order valence-electron chi connectivity index (χ3n) is 9.14. The van der Waals surface area contributed by atoms with E-state index in [1.165, 1.54) is 0 Å². The Balaban J connectivity index is 1.52. The summed E-state index contributed by atoms with van der Waals surface area (Å²) in [6.45, 7) is 6.61. The molecule has 0 fully saturated rings. The Bertz CT molecular complexity index is 1980. The Hall–Kier alpha value is -3.48. The largest absolute Gasteiger partial charge is 0.454 e. The summed E-state index contributed by atoms with van der Waals surface area (Å²) in [4.78, 5) is 2.18. The van der Waals surface area contributed by atoms with Gasteiger partial charge in [0.2, 0.25) is 0 Å². The van der Waals surface area contributed by atoms with Crippen LogP contribution in [0.5, 0.6) is 0 Å². The van der Waals surface area contributed by atoms with E-state index in [1.807, 2.05) is 60.7 Å². The lowest BCUT2D eigenvalue weighted by Gasteiger charge is -2.35. The molecule has 0 radical (unpaired) electrons. The SMILES string of the molecule is CC1(C)c2ccc(-c3cc(N(c4ccc(Br)cc4)c4ccc(Br)cc4)c4oc5ccccc5c4c3)cc2C(C)(C)C1(F)F. The number of benzene rings is 5. The maximum absolute atomic E-state index is 15.7. The van der Waals surface area contributed by atoms with Gasteiger partial charge >= 0.3 is 0 Å². The van der Waals surface area contributed by atoms with E-state index in [0.717, 1.165) is 59.1 Å². The number of fused-ring (bicyclic) bond motifs is 4. The van der Waals surface area contributed by atoms with E-state index in [2.05, 4.69) is 79.2 Å². The molecule has 0 saturated carbocycles. The van der Waals surface area contributed by atoms with Crippen LogP contribution < -0.4 is 4.90 Å². The van der Waals surface area contributed by atoms with Crippen LogP contribution in [0.4, 0.5) is 25.8 Å². The van der Waals surface area contributed by atoms with Gasteiger partial charge in [0.25, 0.3) is 5.92 Å². The number of furan rings is 1. The maximum Gasteiger partial charge on any atom is 0.266 e. The van der Waals surface area contributed by atoms with Crippen LogP contribution in [-0.2, 0) is 10.8 Å². The summed E-state index contributed by atoms with van der Waals surface area (Å²) in [6, 6.07) is 34.4. The smallest absolute Gasteiger partial charge is 0.266 e. The van der Waals surface area contributed by atoms with Gasteiger partial charge in [0.05, 0.1) is 16.5 Å². The maximum atomic E-state index is 15.7. The van der Waals surface area contributed by atoms with Crippen molar-refractivity contribution in [2.75, 3.05) is 4.90 Å². The van der Waals surface area contributed by atoms with Crippen molar-refractivity contribution in [2.45, 2.75) is 44.4 Å². The highest BCUT2D eigenvalue weighted by Gasteiger charge is 2.65. The zero-order valence-corrected chi connectivity index (χ0v) is 27.4. The highest BCUT2D eigenvalue weighted by molar-refractivity contribution is 9.10. The van der Waals surface area contributed by atoms with E-state index in [0.29, 0.717) is 11.1 Å². The quantitative estimate of drug-likeness (QED) is 0.182. The molecule has 1 aliphatic rings. The lowest BCUT2D eigenvalue weighted by atomic mass is 9.77. The van der Waals surface area contributed by atoms with E-state index in [4.69, 9.17) is 4.42 Å². The molecule has 0 spiro atoms. The third kappa shape index (κ3) is 4.21. The van der Waals surface area contributed by atoms with Crippen LogP contribution in [0.2, 0.25) is 0 Å². The lowest BCUT2D eigenvalue weighted by molar-refractivity contribution is -0.105. The van der Waals surface area contributed by atoms with Crippen LogP contribution in [0, 0.1) is 0 Å². The minimum Gasteiger partial charge on any atom is -0.454 e. The second-order valence-corrected chi connectivity index (χ2v) is 14.2. The zero-order valence-electron chi connectivity index (χ0n) is 24.2. The fraction of sp³-hybridized carbons (Fsp3) is 0.189. The number of nitrogens with zero attached hydrogens (tertiary/aromatic N) is 1. The molecule has 5 aromatic carbocycles. The third-order valence-corrected chi connectivity index (χ3v) is 10.2. The molecule has 0 amide bonds. The van der Waals surface area contributed by atoms with Gasteiger partial charge in [-0.25, -0.2) is 8.78 Å². The highest BCUT2D eigenvalue weighted by Crippen LogP contribution is 2.60. The summed E-state index contributed by atoms with van der Waals surface area (Å²) >= 11 is 7.15. The average molecular weight is 701 g/mol. The molecule has 0 aliphatic heterocycles. The fourth-order valence-electron chi connectivity index (χ4n) is 6.65. The van der Waals surface area contributed by atoms with Gasteiger partial charge in [-0.15, -0.1) is 0 Å². The normalized spacial score (nSPS) is 16.5. The predicted octanol–water partition coefficient (Wildman–Crippen LogP) is 12.5. The highest BCUT2D eigenvalue weighted by atomic mass is 79.9. The summed E-state index contributed by atoms with van der Waals surface area (Å²) < 4.78 is 40.0. The first-order chi connectivity index (χ1) is 20.4. The lowest BCUT2D eigenvalue weighted by Crippen LogP contribution is -2.46. The molecule has 216 valence electrons. The Morgan fingerprint density at radius 3 is 1.81 bits per heavy atom. The van der Waals surface area contributed by atoms with Crippen LogP contribution in [-0.4, -0.2) is 5.92 Å². The number of alkyl halides is 2. The van der Waals surface area contributed by atoms with Crippen LogP contribution in [0.25, 0.3) is 33.1 Å². The number of hydrogen-bond donors (Lipinski definition) is 0. The monoisotopic (exact) mass is 699 g/mol. The second-order valence-electron chi connectivity index (χ2n) is 12.3. The van der Waals surface area contributed by atoms with E-state index in [1.54, 1.807) is 27.7 Å². The Morgan fingerprint density at radius 1 is 0.605 bits per heavy atom. The van der Waals surface area contributed by atoms with Gasteiger partial charge in [-0.05, 0) is 117 Å². The van der Waals surface area contributed by atoms with Crippen LogP contribution >= 0.6 is 31.9 Å². The molecule has 43 heavy (non-hydrogen) atoms. The van der Waals surface area contributed by atoms with Crippen molar-refractivity contribution in [3.05, 3.63) is 123 Å². The average Bonchev–Trinajstić information content (AvgIpc) is 3.41. The topological polar surface area (TPSA) is 16.4 Å². The molecule has 6 heteroatoms. The molecule has 1 aliphatic carbocycles. The minimum absolute atomic E-state index is 0.691. The molecule has 0 saturated heterocycles. The minimum atomic E-state index is -2.89. The van der Waals surface area contributed by atoms with Gasteiger partial charge in [-0.3, -0.25) is 0 Å². The van der Waals surface area contributed by atoms with Gasteiger partial charge in [0, 0.05) is 31.1 Å².